The van der Waals surface area contributed by atoms with Crippen molar-refractivity contribution in [3.8, 4) is 0 Å². The molecule has 6 nitrogen and oxygen atoms in total. The molecule has 0 spiro atoms. The number of rotatable bonds is 5. The summed E-state index contributed by atoms with van der Waals surface area (Å²) in [6.07, 6.45) is 1.27. The van der Waals surface area contributed by atoms with E-state index in [1.807, 2.05) is 0 Å². The maximum Gasteiger partial charge on any atom is 0.323 e. The SMILES string of the molecule is COCc1cc(NC(=O)N(C)Cc2cc(F)c(F)c(F)c2)ncn1. The van der Waals surface area contributed by atoms with E-state index in [-0.39, 0.29) is 24.5 Å². The Bertz CT molecular complexity index is 719. The van der Waals surface area contributed by atoms with Gasteiger partial charge in [0.15, 0.2) is 17.5 Å². The molecule has 0 fully saturated rings. The van der Waals surface area contributed by atoms with Gasteiger partial charge in [-0.05, 0) is 17.7 Å². The number of carbonyl (C=O) groups is 1. The minimum absolute atomic E-state index is 0.115. The maximum atomic E-state index is 13.2. The molecule has 0 bridgehead atoms. The molecule has 128 valence electrons. The van der Waals surface area contributed by atoms with Gasteiger partial charge in [0.25, 0.3) is 0 Å². The summed E-state index contributed by atoms with van der Waals surface area (Å²) in [5, 5.41) is 2.52. The van der Waals surface area contributed by atoms with E-state index < -0.39 is 23.5 Å². The Morgan fingerprint density at radius 2 is 1.88 bits per heavy atom. The number of ether oxygens (including phenoxy) is 1. The molecule has 1 heterocycles. The van der Waals surface area contributed by atoms with Crippen LogP contribution in [0, 0.1) is 17.5 Å². The summed E-state index contributed by atoms with van der Waals surface area (Å²) < 4.78 is 44.2. The van der Waals surface area contributed by atoms with E-state index in [2.05, 4.69) is 15.3 Å². The number of amides is 2. The summed E-state index contributed by atoms with van der Waals surface area (Å²) in [6, 6.07) is 2.65. The second-order valence-electron chi connectivity index (χ2n) is 4.99. The van der Waals surface area contributed by atoms with Crippen LogP contribution in [0.3, 0.4) is 0 Å². The normalized spacial score (nSPS) is 10.5. The highest BCUT2D eigenvalue weighted by atomic mass is 19.2. The van der Waals surface area contributed by atoms with Crippen LogP contribution in [-0.4, -0.2) is 35.1 Å². The molecule has 2 aromatic rings. The standard InChI is InChI=1S/C15H15F3N4O2/c1-22(6-9-3-11(16)14(18)12(17)4-9)15(23)21-13-5-10(7-24-2)19-8-20-13/h3-5,8H,6-7H2,1-2H3,(H,19,20,21,23). The summed E-state index contributed by atoms with van der Waals surface area (Å²) >= 11 is 0. The molecule has 1 aromatic carbocycles. The molecule has 24 heavy (non-hydrogen) atoms. The lowest BCUT2D eigenvalue weighted by atomic mass is 10.2. The second-order valence-corrected chi connectivity index (χ2v) is 4.99. The zero-order valence-corrected chi connectivity index (χ0v) is 13.0. The van der Waals surface area contributed by atoms with Crippen LogP contribution in [0.1, 0.15) is 11.3 Å². The Balaban J connectivity index is 2.03. The quantitative estimate of drug-likeness (QED) is 0.850. The monoisotopic (exact) mass is 340 g/mol. The highest BCUT2D eigenvalue weighted by molar-refractivity contribution is 5.88. The van der Waals surface area contributed by atoms with E-state index >= 15 is 0 Å². The van der Waals surface area contributed by atoms with Crippen LogP contribution in [0.15, 0.2) is 24.5 Å². The van der Waals surface area contributed by atoms with Crippen LogP contribution >= 0.6 is 0 Å². The number of benzene rings is 1. The summed E-state index contributed by atoms with van der Waals surface area (Å²) in [5.74, 6) is -3.90. The number of methoxy groups -OCH3 is 1. The first-order chi connectivity index (χ1) is 11.4. The van der Waals surface area contributed by atoms with Crippen molar-refractivity contribution < 1.29 is 22.7 Å². The predicted molar refractivity (Wildman–Crippen MR) is 79.5 cm³/mol. The first kappa shape index (κ1) is 17.7. The maximum absolute atomic E-state index is 13.2. The Morgan fingerprint density at radius 1 is 1.21 bits per heavy atom. The van der Waals surface area contributed by atoms with Crippen molar-refractivity contribution in [1.29, 1.82) is 0 Å². The van der Waals surface area contributed by atoms with Crippen molar-refractivity contribution in [3.63, 3.8) is 0 Å². The number of urea groups is 1. The van der Waals surface area contributed by atoms with Crippen molar-refractivity contribution in [2.45, 2.75) is 13.2 Å². The van der Waals surface area contributed by atoms with Gasteiger partial charge in [-0.1, -0.05) is 0 Å². The van der Waals surface area contributed by atoms with Crippen LogP contribution in [0.5, 0.6) is 0 Å². The van der Waals surface area contributed by atoms with E-state index in [1.54, 1.807) is 0 Å². The van der Waals surface area contributed by atoms with Gasteiger partial charge in [0.2, 0.25) is 0 Å². The van der Waals surface area contributed by atoms with Crippen LogP contribution in [-0.2, 0) is 17.9 Å². The zero-order valence-electron chi connectivity index (χ0n) is 13.0. The third-order valence-corrected chi connectivity index (χ3v) is 3.06. The number of carbonyl (C=O) groups excluding carboxylic acids is 1. The Labute approximate surface area is 136 Å². The number of hydrogen-bond donors (Lipinski definition) is 1. The number of hydrogen-bond acceptors (Lipinski definition) is 4. The topological polar surface area (TPSA) is 67.3 Å². The summed E-state index contributed by atoms with van der Waals surface area (Å²) in [4.78, 5) is 21.1. The molecule has 0 saturated carbocycles. The second kappa shape index (κ2) is 7.73. The first-order valence-electron chi connectivity index (χ1n) is 6.86. The van der Waals surface area contributed by atoms with Crippen molar-refractivity contribution in [1.82, 2.24) is 14.9 Å². The van der Waals surface area contributed by atoms with Crippen LogP contribution in [0.25, 0.3) is 0 Å². The van der Waals surface area contributed by atoms with Gasteiger partial charge in [-0.3, -0.25) is 5.32 Å². The molecule has 0 atom stereocenters. The first-order valence-corrected chi connectivity index (χ1v) is 6.86. The van der Waals surface area contributed by atoms with Gasteiger partial charge in [0.1, 0.15) is 12.1 Å². The van der Waals surface area contributed by atoms with Crippen molar-refractivity contribution >= 4 is 11.8 Å². The van der Waals surface area contributed by atoms with Crippen LogP contribution in [0.2, 0.25) is 0 Å². The molecular weight excluding hydrogens is 325 g/mol. The van der Waals surface area contributed by atoms with Crippen molar-refractivity contribution in [2.75, 3.05) is 19.5 Å². The van der Waals surface area contributed by atoms with Gasteiger partial charge < -0.3 is 9.64 Å². The molecule has 0 unspecified atom stereocenters. The molecular formula is C15H15F3N4O2. The van der Waals surface area contributed by atoms with Crippen LogP contribution < -0.4 is 5.32 Å². The van der Waals surface area contributed by atoms with Gasteiger partial charge >= 0.3 is 6.03 Å². The van der Waals surface area contributed by atoms with E-state index in [0.29, 0.717) is 5.69 Å². The highest BCUT2D eigenvalue weighted by Gasteiger charge is 2.15. The van der Waals surface area contributed by atoms with E-state index in [9.17, 15) is 18.0 Å². The molecule has 0 aliphatic carbocycles. The minimum Gasteiger partial charge on any atom is -0.378 e. The fraction of sp³-hybridized carbons (Fsp3) is 0.267. The van der Waals surface area contributed by atoms with E-state index in [4.69, 9.17) is 4.74 Å². The summed E-state index contributed by atoms with van der Waals surface area (Å²) in [6.45, 7) is 0.144. The van der Waals surface area contributed by atoms with Gasteiger partial charge in [-0.2, -0.15) is 0 Å². The largest absolute Gasteiger partial charge is 0.378 e. The molecule has 0 aliphatic heterocycles. The average Bonchev–Trinajstić information content (AvgIpc) is 2.53. The van der Waals surface area contributed by atoms with Gasteiger partial charge in [0.05, 0.1) is 12.3 Å². The molecule has 9 heteroatoms. The third kappa shape index (κ3) is 4.42. The van der Waals surface area contributed by atoms with Gasteiger partial charge in [-0.15, -0.1) is 0 Å². The molecule has 1 N–H and O–H groups in total. The van der Waals surface area contributed by atoms with Crippen LogP contribution in [0.4, 0.5) is 23.8 Å². The molecule has 0 aliphatic rings. The van der Waals surface area contributed by atoms with Crippen molar-refractivity contribution in [3.05, 3.63) is 53.2 Å². The number of nitrogens with zero attached hydrogens (tertiary/aromatic N) is 3. The Morgan fingerprint density at radius 3 is 2.50 bits per heavy atom. The average molecular weight is 340 g/mol. The van der Waals surface area contributed by atoms with Gasteiger partial charge in [-0.25, -0.2) is 27.9 Å². The smallest absolute Gasteiger partial charge is 0.323 e. The number of nitrogens with one attached hydrogen (secondary N) is 1. The summed E-state index contributed by atoms with van der Waals surface area (Å²) in [5.41, 5.74) is 0.694. The fourth-order valence-electron chi connectivity index (χ4n) is 1.94. The van der Waals surface area contributed by atoms with E-state index in [0.717, 1.165) is 12.1 Å². The third-order valence-electron chi connectivity index (χ3n) is 3.06. The molecule has 2 rings (SSSR count). The molecule has 1 aromatic heterocycles. The summed E-state index contributed by atoms with van der Waals surface area (Å²) in [7, 11) is 2.93. The number of anilines is 1. The van der Waals surface area contributed by atoms with Gasteiger partial charge in [0, 0.05) is 26.8 Å². The molecule has 2 amide bonds. The number of halogens is 3. The lowest BCUT2D eigenvalue weighted by Crippen LogP contribution is -2.31. The Kier molecular flexibility index (Phi) is 5.69. The lowest BCUT2D eigenvalue weighted by molar-refractivity contribution is 0.181. The Hall–Kier alpha value is -2.68. The fourth-order valence-corrected chi connectivity index (χ4v) is 1.94. The predicted octanol–water partition coefficient (Wildman–Crippen LogP) is 2.70. The lowest BCUT2D eigenvalue weighted by Gasteiger charge is -2.18. The molecule has 0 saturated heterocycles. The molecule has 0 radical (unpaired) electrons. The minimum atomic E-state index is -1.54. The number of aromatic nitrogens is 2. The van der Waals surface area contributed by atoms with Crippen molar-refractivity contribution in [2.24, 2.45) is 0 Å². The highest BCUT2D eigenvalue weighted by Crippen LogP contribution is 2.15. The zero-order chi connectivity index (χ0) is 17.7. The van der Waals surface area contributed by atoms with E-state index in [1.165, 1.54) is 31.5 Å².